The Morgan fingerprint density at radius 3 is 2.55 bits per heavy atom. The van der Waals surface area contributed by atoms with Crippen LogP contribution in [0.5, 0.6) is 0 Å². The number of sulfone groups is 1. The molecule has 4 heterocycles. The maximum absolute atomic E-state index is 15.1. The Kier molecular flexibility index (Phi) is 7.93. The minimum absolute atomic E-state index is 0.00595. The lowest BCUT2D eigenvalue weighted by atomic mass is 10.0. The Labute approximate surface area is 262 Å². The number of piperazine rings is 1. The van der Waals surface area contributed by atoms with Gasteiger partial charge in [0.2, 0.25) is 15.7 Å². The molecular weight excluding hydrogens is 630 g/mol. The number of rotatable bonds is 6. The first-order valence-electron chi connectivity index (χ1n) is 14.0. The van der Waals surface area contributed by atoms with Gasteiger partial charge in [-0.25, -0.2) is 32.1 Å². The van der Waals surface area contributed by atoms with Crippen molar-refractivity contribution < 1.29 is 17.6 Å². The van der Waals surface area contributed by atoms with Gasteiger partial charge in [0, 0.05) is 31.9 Å². The maximum atomic E-state index is 15.1. The lowest BCUT2D eigenvalue weighted by Gasteiger charge is -2.40. The first-order chi connectivity index (χ1) is 21.0. The van der Waals surface area contributed by atoms with Crippen LogP contribution in [0.3, 0.4) is 0 Å². The van der Waals surface area contributed by atoms with Gasteiger partial charge < -0.3 is 9.80 Å². The molecule has 1 aliphatic carbocycles. The summed E-state index contributed by atoms with van der Waals surface area (Å²) in [5.41, 5.74) is -0.953. The highest BCUT2D eigenvalue weighted by Gasteiger charge is 2.37. The zero-order valence-corrected chi connectivity index (χ0v) is 25.9. The highest BCUT2D eigenvalue weighted by atomic mass is 35.5. The molecule has 1 amide bonds. The second kappa shape index (κ2) is 11.6. The third kappa shape index (κ3) is 5.04. The molecule has 0 unspecified atom stereocenters. The number of fused-ring (bicyclic) bond motifs is 1. The summed E-state index contributed by atoms with van der Waals surface area (Å²) in [6.07, 6.45) is 4.37. The fraction of sp³-hybridized carbons (Fsp3) is 0.300. The van der Waals surface area contributed by atoms with Crippen LogP contribution in [0.4, 0.5) is 10.2 Å². The minimum Gasteiger partial charge on any atom is -0.350 e. The molecule has 0 N–H and O–H groups in total. The number of hydrogen-bond donors (Lipinski definition) is 0. The third-order valence-corrected chi connectivity index (χ3v) is 10.9. The number of carbonyl (C=O) groups excluding carboxylic acids is 1. The molecule has 10 nitrogen and oxygen atoms in total. The SMILES string of the molecule is C=CC(=O)N1CCN(c2nc(=O)n(-c3cccnc3S(=O)(=O)C3CCC3)c3nc(-c4c(F)cccc4Cl)c(Cl)cc23)[C@@H](C)C1. The van der Waals surface area contributed by atoms with E-state index < -0.39 is 26.6 Å². The van der Waals surface area contributed by atoms with Crippen molar-refractivity contribution in [2.45, 2.75) is 42.5 Å². The van der Waals surface area contributed by atoms with Gasteiger partial charge in [-0.15, -0.1) is 0 Å². The van der Waals surface area contributed by atoms with E-state index in [1.807, 2.05) is 11.8 Å². The van der Waals surface area contributed by atoms with Crippen LogP contribution in [-0.2, 0) is 14.6 Å². The zero-order chi connectivity index (χ0) is 31.3. The highest BCUT2D eigenvalue weighted by Crippen LogP contribution is 2.39. The summed E-state index contributed by atoms with van der Waals surface area (Å²) in [6.45, 7) is 6.46. The Bertz CT molecular complexity index is 1980. The molecule has 0 spiro atoms. The van der Waals surface area contributed by atoms with E-state index in [-0.39, 0.29) is 55.4 Å². The van der Waals surface area contributed by atoms with E-state index in [4.69, 9.17) is 23.2 Å². The van der Waals surface area contributed by atoms with Gasteiger partial charge in [-0.2, -0.15) is 4.98 Å². The van der Waals surface area contributed by atoms with Gasteiger partial charge in [0.1, 0.15) is 11.6 Å². The van der Waals surface area contributed by atoms with Crippen LogP contribution in [0, 0.1) is 5.82 Å². The predicted molar refractivity (Wildman–Crippen MR) is 167 cm³/mol. The fourth-order valence-corrected chi connectivity index (χ4v) is 8.08. The monoisotopic (exact) mass is 656 g/mol. The van der Waals surface area contributed by atoms with E-state index >= 15 is 4.39 Å². The van der Waals surface area contributed by atoms with Crippen molar-refractivity contribution in [1.29, 1.82) is 0 Å². The van der Waals surface area contributed by atoms with E-state index in [0.717, 1.165) is 11.0 Å². The number of anilines is 1. The van der Waals surface area contributed by atoms with Crippen LogP contribution in [0.15, 0.2) is 65.1 Å². The number of halogens is 3. The number of pyridine rings is 2. The first-order valence-corrected chi connectivity index (χ1v) is 16.3. The lowest BCUT2D eigenvalue weighted by Crippen LogP contribution is -2.54. The van der Waals surface area contributed by atoms with Crippen molar-refractivity contribution >= 4 is 55.8 Å². The molecule has 6 rings (SSSR count). The molecular formula is C30H27Cl2FN6O4S. The summed E-state index contributed by atoms with van der Waals surface area (Å²) < 4.78 is 43.4. The van der Waals surface area contributed by atoms with E-state index in [2.05, 4.69) is 21.5 Å². The van der Waals surface area contributed by atoms with Crippen molar-refractivity contribution in [3.63, 3.8) is 0 Å². The summed E-state index contributed by atoms with van der Waals surface area (Å²) in [7, 11) is -3.90. The molecule has 2 fully saturated rings. The molecule has 1 saturated heterocycles. The second-order valence-electron chi connectivity index (χ2n) is 10.8. The molecule has 1 aliphatic heterocycles. The van der Waals surface area contributed by atoms with E-state index in [1.54, 1.807) is 4.90 Å². The van der Waals surface area contributed by atoms with Crippen LogP contribution in [-0.4, -0.2) is 69.7 Å². The van der Waals surface area contributed by atoms with Gasteiger partial charge in [0.25, 0.3) is 0 Å². The minimum atomic E-state index is -3.90. The average molecular weight is 658 g/mol. The van der Waals surface area contributed by atoms with Crippen LogP contribution in [0.1, 0.15) is 26.2 Å². The quantitative estimate of drug-likeness (QED) is 0.271. The largest absolute Gasteiger partial charge is 0.355 e. The average Bonchev–Trinajstić information content (AvgIpc) is 2.96. The lowest BCUT2D eigenvalue weighted by molar-refractivity contribution is -0.126. The Hall–Kier alpha value is -3.87. The summed E-state index contributed by atoms with van der Waals surface area (Å²) in [4.78, 5) is 43.1. The van der Waals surface area contributed by atoms with Gasteiger partial charge >= 0.3 is 5.69 Å². The van der Waals surface area contributed by atoms with Gasteiger partial charge in [0.15, 0.2) is 10.7 Å². The Morgan fingerprint density at radius 1 is 1.11 bits per heavy atom. The molecule has 1 aromatic carbocycles. The molecule has 44 heavy (non-hydrogen) atoms. The number of hydrogen-bond acceptors (Lipinski definition) is 8. The maximum Gasteiger partial charge on any atom is 0.355 e. The topological polar surface area (TPSA) is 118 Å². The molecule has 0 bridgehead atoms. The summed E-state index contributed by atoms with van der Waals surface area (Å²) >= 11 is 13.1. The fourth-order valence-electron chi connectivity index (χ4n) is 5.65. The van der Waals surface area contributed by atoms with Crippen LogP contribution in [0.25, 0.3) is 28.0 Å². The van der Waals surface area contributed by atoms with E-state index in [9.17, 15) is 18.0 Å². The number of carbonyl (C=O) groups is 1. The summed E-state index contributed by atoms with van der Waals surface area (Å²) in [5, 5.41) is -0.477. The van der Waals surface area contributed by atoms with Crippen LogP contribution in [0.2, 0.25) is 10.0 Å². The normalized spacial score (nSPS) is 17.5. The van der Waals surface area contributed by atoms with E-state index in [1.165, 1.54) is 48.7 Å². The number of nitrogens with zero attached hydrogens (tertiary/aromatic N) is 6. The Morgan fingerprint density at radius 2 is 1.89 bits per heavy atom. The molecule has 2 aliphatic rings. The van der Waals surface area contributed by atoms with Gasteiger partial charge in [0.05, 0.1) is 37.6 Å². The molecule has 4 aromatic rings. The van der Waals surface area contributed by atoms with Crippen molar-refractivity contribution in [2.75, 3.05) is 24.5 Å². The van der Waals surface area contributed by atoms with Crippen LogP contribution < -0.4 is 10.6 Å². The number of benzene rings is 1. The first kappa shape index (κ1) is 30.2. The highest BCUT2D eigenvalue weighted by molar-refractivity contribution is 7.92. The van der Waals surface area contributed by atoms with Gasteiger partial charge in [-0.3, -0.25) is 4.79 Å². The van der Waals surface area contributed by atoms with Gasteiger partial charge in [-0.1, -0.05) is 42.3 Å². The molecule has 0 radical (unpaired) electrons. The molecule has 3 aromatic heterocycles. The smallest absolute Gasteiger partial charge is 0.350 e. The second-order valence-corrected chi connectivity index (χ2v) is 13.8. The van der Waals surface area contributed by atoms with Crippen molar-refractivity contribution in [3.05, 3.63) is 81.6 Å². The molecule has 14 heteroatoms. The predicted octanol–water partition coefficient (Wildman–Crippen LogP) is 4.84. The van der Waals surface area contributed by atoms with Crippen molar-refractivity contribution in [2.24, 2.45) is 0 Å². The molecule has 1 saturated carbocycles. The third-order valence-electron chi connectivity index (χ3n) is 8.14. The van der Waals surface area contributed by atoms with Crippen LogP contribution >= 0.6 is 23.2 Å². The standard InChI is InChI=1S/C30H27Cl2FN6O4S/c1-3-24(40)37-13-14-38(17(2)16-37)27-19-15-21(32)26(25-20(31)9-5-10-22(25)33)35-28(19)39(30(41)36-27)23-11-6-12-34-29(23)44(42,43)18-7-4-8-18/h3,5-6,9-12,15,17-18H,1,4,7-8,13-14,16H2,2H3/t17-/m0/s1. The molecule has 228 valence electrons. The van der Waals surface area contributed by atoms with Gasteiger partial charge in [-0.05, 0) is 56.2 Å². The Balaban J connectivity index is 1.63. The molecule has 1 atom stereocenters. The summed E-state index contributed by atoms with van der Waals surface area (Å²) in [6, 6.07) is 8.38. The van der Waals surface area contributed by atoms with Crippen molar-refractivity contribution in [3.8, 4) is 16.9 Å². The van der Waals surface area contributed by atoms with E-state index in [0.29, 0.717) is 37.9 Å². The summed E-state index contributed by atoms with van der Waals surface area (Å²) in [5.74, 6) is -0.648. The van der Waals surface area contributed by atoms with Crippen molar-refractivity contribution in [1.82, 2.24) is 24.4 Å². The number of amides is 1. The zero-order valence-electron chi connectivity index (χ0n) is 23.6. The number of aromatic nitrogens is 4.